The smallest absolute Gasteiger partial charge is 0.339 e. The van der Waals surface area contributed by atoms with Crippen molar-refractivity contribution in [2.24, 2.45) is 5.92 Å². The van der Waals surface area contributed by atoms with E-state index in [1.54, 1.807) is 13.0 Å². The number of pyridine rings is 1. The molecule has 0 spiro atoms. The summed E-state index contributed by atoms with van der Waals surface area (Å²) in [6.45, 7) is 5.87. The molecule has 0 bridgehead atoms. The molecule has 1 aromatic carbocycles. The molecule has 28 heavy (non-hydrogen) atoms. The number of carbonyl (C=O) groups is 2. The zero-order valence-corrected chi connectivity index (χ0v) is 17.0. The topological polar surface area (TPSA) is 68.3 Å². The molecule has 1 N–H and O–H groups in total. The third-order valence-corrected chi connectivity index (χ3v) is 5.21. The van der Waals surface area contributed by atoms with E-state index in [-0.39, 0.29) is 11.9 Å². The van der Waals surface area contributed by atoms with Crippen LogP contribution < -0.4 is 5.32 Å². The van der Waals surface area contributed by atoms with E-state index >= 15 is 0 Å². The molecule has 0 unspecified atom stereocenters. The van der Waals surface area contributed by atoms with Gasteiger partial charge in [0.2, 0.25) is 0 Å². The maximum atomic E-state index is 12.9. The lowest BCUT2D eigenvalue weighted by molar-refractivity contribution is -0.130. The molecule has 5 nitrogen and oxygen atoms in total. The van der Waals surface area contributed by atoms with Gasteiger partial charge < -0.3 is 10.1 Å². The fourth-order valence-electron chi connectivity index (χ4n) is 3.76. The van der Waals surface area contributed by atoms with Crippen LogP contribution in [0.2, 0.25) is 0 Å². The van der Waals surface area contributed by atoms with Crippen LogP contribution in [-0.2, 0) is 16.0 Å². The van der Waals surface area contributed by atoms with Gasteiger partial charge in [0, 0.05) is 17.1 Å². The van der Waals surface area contributed by atoms with Crippen LogP contribution in [0.25, 0.3) is 10.9 Å². The van der Waals surface area contributed by atoms with Crippen LogP contribution in [0.3, 0.4) is 0 Å². The zero-order valence-electron chi connectivity index (χ0n) is 17.0. The molecule has 1 fully saturated rings. The van der Waals surface area contributed by atoms with Gasteiger partial charge in [-0.3, -0.25) is 9.78 Å². The average Bonchev–Trinajstić information content (AvgIpc) is 2.67. The lowest BCUT2D eigenvalue weighted by Gasteiger charge is -2.24. The molecule has 0 aliphatic heterocycles. The first-order chi connectivity index (χ1) is 13.4. The molecule has 1 atom stereocenters. The van der Waals surface area contributed by atoms with Gasteiger partial charge >= 0.3 is 5.97 Å². The van der Waals surface area contributed by atoms with Gasteiger partial charge in [-0.2, -0.15) is 0 Å². The number of amides is 1. The molecule has 0 saturated heterocycles. The highest BCUT2D eigenvalue weighted by atomic mass is 16.5. The number of fused-ring (bicyclic) bond motifs is 1. The van der Waals surface area contributed by atoms with Crippen molar-refractivity contribution < 1.29 is 14.3 Å². The monoisotopic (exact) mass is 382 g/mol. The standard InChI is InChI=1S/C23H30N2O3/c1-15(2)13-18-14-20(19-11-7-8-12-21(19)24-18)23(27)28-16(3)22(26)25-17-9-5-4-6-10-17/h7-8,11-12,14-17H,4-6,9-10,13H2,1-3H3,(H,25,26)/t16-/m1/s1. The summed E-state index contributed by atoms with van der Waals surface area (Å²) in [7, 11) is 0. The molecule has 1 aromatic heterocycles. The van der Waals surface area contributed by atoms with Crippen molar-refractivity contribution in [2.75, 3.05) is 0 Å². The number of hydrogen-bond donors (Lipinski definition) is 1. The number of nitrogens with zero attached hydrogens (tertiary/aromatic N) is 1. The first-order valence-corrected chi connectivity index (χ1v) is 10.3. The normalized spacial score (nSPS) is 16.1. The maximum Gasteiger partial charge on any atom is 0.339 e. The second-order valence-electron chi connectivity index (χ2n) is 8.17. The van der Waals surface area contributed by atoms with Crippen LogP contribution in [0.1, 0.15) is 68.9 Å². The summed E-state index contributed by atoms with van der Waals surface area (Å²) in [4.78, 5) is 30.0. The summed E-state index contributed by atoms with van der Waals surface area (Å²) in [6, 6.07) is 9.55. The summed E-state index contributed by atoms with van der Waals surface area (Å²) in [6.07, 6.45) is 5.46. The molecule has 5 heteroatoms. The Bertz CT molecular complexity index is 841. The summed E-state index contributed by atoms with van der Waals surface area (Å²) in [5.74, 6) is -0.270. The third kappa shape index (κ3) is 5.09. The van der Waals surface area contributed by atoms with E-state index in [1.165, 1.54) is 6.42 Å². The van der Waals surface area contributed by atoms with Crippen molar-refractivity contribution in [3.63, 3.8) is 0 Å². The van der Waals surface area contributed by atoms with Crippen LogP contribution in [0, 0.1) is 5.92 Å². The van der Waals surface area contributed by atoms with E-state index in [2.05, 4.69) is 24.1 Å². The molecule has 2 aromatic rings. The Kier molecular flexibility index (Phi) is 6.65. The predicted molar refractivity (Wildman–Crippen MR) is 110 cm³/mol. The largest absolute Gasteiger partial charge is 0.449 e. The van der Waals surface area contributed by atoms with Gasteiger partial charge in [0.25, 0.3) is 5.91 Å². The Balaban J connectivity index is 1.75. The van der Waals surface area contributed by atoms with E-state index < -0.39 is 12.1 Å². The molecular weight excluding hydrogens is 352 g/mol. The zero-order chi connectivity index (χ0) is 20.1. The van der Waals surface area contributed by atoms with Crippen molar-refractivity contribution in [3.05, 3.63) is 41.6 Å². The number of rotatable bonds is 6. The minimum Gasteiger partial charge on any atom is -0.449 e. The highest BCUT2D eigenvalue weighted by Gasteiger charge is 2.24. The van der Waals surface area contributed by atoms with Gasteiger partial charge in [0.1, 0.15) is 0 Å². The van der Waals surface area contributed by atoms with E-state index in [1.807, 2.05) is 24.3 Å². The SMILES string of the molecule is CC(C)Cc1cc(C(=O)O[C@H](C)C(=O)NC2CCCCC2)c2ccccc2n1. The Morgan fingerprint density at radius 1 is 1.14 bits per heavy atom. The van der Waals surface area contributed by atoms with Crippen LogP contribution in [0.15, 0.2) is 30.3 Å². The predicted octanol–water partition coefficient (Wildman–Crippen LogP) is 4.43. The number of esters is 1. The number of hydrogen-bond acceptors (Lipinski definition) is 4. The molecule has 1 aliphatic rings. The number of para-hydroxylation sites is 1. The van der Waals surface area contributed by atoms with Crippen LogP contribution in [0.4, 0.5) is 0 Å². The van der Waals surface area contributed by atoms with Crippen LogP contribution in [-0.4, -0.2) is 29.0 Å². The Morgan fingerprint density at radius 2 is 1.86 bits per heavy atom. The lowest BCUT2D eigenvalue weighted by atomic mass is 9.95. The van der Waals surface area contributed by atoms with Crippen molar-refractivity contribution in [1.29, 1.82) is 0 Å². The second kappa shape index (κ2) is 9.18. The summed E-state index contributed by atoms with van der Waals surface area (Å²) < 4.78 is 5.53. The number of carbonyl (C=O) groups excluding carboxylic acids is 2. The number of aromatic nitrogens is 1. The highest BCUT2D eigenvalue weighted by Crippen LogP contribution is 2.22. The van der Waals surface area contributed by atoms with Gasteiger partial charge in [-0.1, -0.05) is 51.3 Å². The van der Waals surface area contributed by atoms with Gasteiger partial charge in [0.05, 0.1) is 11.1 Å². The van der Waals surface area contributed by atoms with Crippen molar-refractivity contribution in [3.8, 4) is 0 Å². The molecular formula is C23H30N2O3. The number of nitrogens with one attached hydrogen (secondary N) is 1. The quantitative estimate of drug-likeness (QED) is 0.751. The minimum atomic E-state index is -0.824. The molecule has 1 aliphatic carbocycles. The minimum absolute atomic E-state index is 0.196. The number of benzene rings is 1. The molecule has 1 heterocycles. The molecule has 0 radical (unpaired) electrons. The Labute approximate surface area is 166 Å². The van der Waals surface area contributed by atoms with E-state index in [4.69, 9.17) is 4.74 Å². The maximum absolute atomic E-state index is 12.9. The molecule has 3 rings (SSSR count). The summed E-state index contributed by atoms with van der Waals surface area (Å²) in [5, 5.41) is 3.77. The van der Waals surface area contributed by atoms with Crippen molar-refractivity contribution in [2.45, 2.75) is 71.4 Å². The third-order valence-electron chi connectivity index (χ3n) is 5.21. The first-order valence-electron chi connectivity index (χ1n) is 10.3. The van der Waals surface area contributed by atoms with E-state index in [0.717, 1.165) is 48.7 Å². The summed E-state index contributed by atoms with van der Waals surface area (Å²) in [5.41, 5.74) is 2.10. The molecule has 1 saturated carbocycles. The fraction of sp³-hybridized carbons (Fsp3) is 0.522. The Morgan fingerprint density at radius 3 is 2.57 bits per heavy atom. The average molecular weight is 383 g/mol. The van der Waals surface area contributed by atoms with E-state index in [9.17, 15) is 9.59 Å². The summed E-state index contributed by atoms with van der Waals surface area (Å²) >= 11 is 0. The highest BCUT2D eigenvalue weighted by molar-refractivity contribution is 6.04. The van der Waals surface area contributed by atoms with Gasteiger partial charge in [-0.15, -0.1) is 0 Å². The molecule has 150 valence electrons. The second-order valence-corrected chi connectivity index (χ2v) is 8.17. The van der Waals surface area contributed by atoms with Crippen molar-refractivity contribution in [1.82, 2.24) is 10.3 Å². The molecule has 1 amide bonds. The Hall–Kier alpha value is -2.43. The first kappa shape index (κ1) is 20.3. The van der Waals surface area contributed by atoms with Crippen LogP contribution in [0.5, 0.6) is 0 Å². The van der Waals surface area contributed by atoms with Crippen molar-refractivity contribution >= 4 is 22.8 Å². The number of ether oxygens (including phenoxy) is 1. The fourth-order valence-corrected chi connectivity index (χ4v) is 3.76. The van der Waals surface area contributed by atoms with Crippen LogP contribution >= 0.6 is 0 Å². The van der Waals surface area contributed by atoms with Gasteiger partial charge in [0.15, 0.2) is 6.10 Å². The van der Waals surface area contributed by atoms with E-state index in [0.29, 0.717) is 11.5 Å². The lowest BCUT2D eigenvalue weighted by Crippen LogP contribution is -2.42. The van der Waals surface area contributed by atoms with Gasteiger partial charge in [-0.05, 0) is 44.2 Å². The van der Waals surface area contributed by atoms with Gasteiger partial charge in [-0.25, -0.2) is 4.79 Å².